The predicted octanol–water partition coefficient (Wildman–Crippen LogP) is 13.6. The Bertz CT molecular complexity index is 2830. The highest BCUT2D eigenvalue weighted by Gasteiger charge is 2.19. The molecule has 0 fully saturated rings. The second-order valence-electron chi connectivity index (χ2n) is 12.8. The van der Waals surface area contributed by atoms with Gasteiger partial charge in [0.15, 0.2) is 0 Å². The lowest BCUT2D eigenvalue weighted by molar-refractivity contribution is 1.64. The molecule has 0 atom stereocenters. The minimum Gasteiger partial charge on any atom is -0.0616 e. The van der Waals surface area contributed by atoms with Gasteiger partial charge in [0.05, 0.1) is 0 Å². The molecule has 0 aromatic heterocycles. The Morgan fingerprint density at radius 2 is 0.729 bits per heavy atom. The molecule has 10 aromatic carbocycles. The molecule has 0 spiro atoms. The normalized spacial score (nSPS) is 11.8. The van der Waals surface area contributed by atoms with Crippen molar-refractivity contribution in [3.8, 4) is 33.4 Å². The molecule has 0 radical (unpaired) electrons. The first kappa shape index (κ1) is 26.9. The Morgan fingerprint density at radius 3 is 1.46 bits per heavy atom. The van der Waals surface area contributed by atoms with Crippen molar-refractivity contribution in [1.82, 2.24) is 0 Å². The minimum absolute atomic E-state index is 1.23. The van der Waals surface area contributed by atoms with Crippen molar-refractivity contribution in [2.75, 3.05) is 0 Å². The molecule has 10 aromatic rings. The Balaban J connectivity index is 1.28. The molecule has 10 rings (SSSR count). The van der Waals surface area contributed by atoms with Gasteiger partial charge < -0.3 is 0 Å². The molecule has 0 nitrogen and oxygen atoms in total. The van der Waals surface area contributed by atoms with Gasteiger partial charge in [-0.1, -0.05) is 170 Å². The molecule has 0 aliphatic heterocycles. The average molecular weight is 607 g/mol. The fraction of sp³-hybridized carbons (Fsp3) is 0. The maximum Gasteiger partial charge on any atom is -0.00199 e. The highest BCUT2D eigenvalue weighted by molar-refractivity contribution is 6.26. The largest absolute Gasteiger partial charge is 0.0616 e. The fourth-order valence-corrected chi connectivity index (χ4v) is 8.13. The molecular weight excluding hydrogens is 577 g/mol. The van der Waals surface area contributed by atoms with E-state index in [0.717, 1.165) is 0 Å². The Kier molecular flexibility index (Phi) is 5.98. The van der Waals surface area contributed by atoms with Gasteiger partial charge in [0, 0.05) is 0 Å². The highest BCUT2D eigenvalue weighted by Crippen LogP contribution is 2.47. The Hall–Kier alpha value is -6.24. The summed E-state index contributed by atoms with van der Waals surface area (Å²) in [4.78, 5) is 0. The van der Waals surface area contributed by atoms with Gasteiger partial charge in [-0.2, -0.15) is 0 Å². The number of rotatable bonds is 3. The highest BCUT2D eigenvalue weighted by atomic mass is 14.2. The maximum atomic E-state index is 2.40. The third kappa shape index (κ3) is 4.03. The summed E-state index contributed by atoms with van der Waals surface area (Å²) in [6.45, 7) is 0. The first-order valence-corrected chi connectivity index (χ1v) is 16.7. The van der Waals surface area contributed by atoms with Crippen molar-refractivity contribution >= 4 is 64.6 Å². The lowest BCUT2D eigenvalue weighted by atomic mass is 9.83. The van der Waals surface area contributed by atoms with E-state index in [1.807, 2.05) is 0 Å². The van der Waals surface area contributed by atoms with Crippen molar-refractivity contribution in [1.29, 1.82) is 0 Å². The summed E-state index contributed by atoms with van der Waals surface area (Å²) >= 11 is 0. The molecular formula is C48H30. The summed E-state index contributed by atoms with van der Waals surface area (Å²) in [5.41, 5.74) is 7.57. The van der Waals surface area contributed by atoms with Gasteiger partial charge in [-0.15, -0.1) is 0 Å². The third-order valence-electron chi connectivity index (χ3n) is 10.2. The number of hydrogen-bond acceptors (Lipinski definition) is 0. The average Bonchev–Trinajstić information content (AvgIpc) is 3.16. The SMILES string of the molecule is c1cc(-c2c3ccccc3c(-c3cccc4ccc5ccccc5c34)c3ccccc23)cc(-c2cc3ccccc3c3ccccc23)c1. The van der Waals surface area contributed by atoms with Crippen LogP contribution in [0.1, 0.15) is 0 Å². The lowest BCUT2D eigenvalue weighted by Gasteiger charge is -2.20. The van der Waals surface area contributed by atoms with Crippen LogP contribution in [0, 0.1) is 0 Å². The van der Waals surface area contributed by atoms with Crippen molar-refractivity contribution < 1.29 is 0 Å². The van der Waals surface area contributed by atoms with E-state index in [1.165, 1.54) is 98.0 Å². The lowest BCUT2D eigenvalue weighted by Crippen LogP contribution is -1.92. The van der Waals surface area contributed by atoms with Crippen LogP contribution in [0.25, 0.3) is 98.0 Å². The molecule has 222 valence electrons. The molecule has 0 aliphatic carbocycles. The Morgan fingerprint density at radius 1 is 0.229 bits per heavy atom. The van der Waals surface area contributed by atoms with E-state index in [9.17, 15) is 0 Å². The van der Waals surface area contributed by atoms with Gasteiger partial charge in [-0.25, -0.2) is 0 Å². The van der Waals surface area contributed by atoms with Crippen LogP contribution < -0.4 is 0 Å². The quantitative estimate of drug-likeness (QED) is 0.139. The molecule has 0 bridgehead atoms. The standard InChI is InChI=1S/C48H30/c1-4-19-37-31(13-1)27-28-32-15-12-26-44(46(32)37)48-42-24-9-7-22-40(42)47(41-23-8-10-25-43(41)48)35-17-11-16-33(29-35)45-30-34-14-2-3-18-36(34)38-20-5-6-21-39(38)45/h1-30H. The van der Waals surface area contributed by atoms with Gasteiger partial charge in [0.2, 0.25) is 0 Å². The second kappa shape index (κ2) is 10.7. The van der Waals surface area contributed by atoms with Crippen LogP contribution in [0.4, 0.5) is 0 Å². The smallest absolute Gasteiger partial charge is 0.00199 e. The molecule has 0 saturated carbocycles. The van der Waals surface area contributed by atoms with E-state index in [4.69, 9.17) is 0 Å². The first-order valence-electron chi connectivity index (χ1n) is 16.7. The minimum atomic E-state index is 1.23. The zero-order valence-electron chi connectivity index (χ0n) is 26.3. The van der Waals surface area contributed by atoms with E-state index in [-0.39, 0.29) is 0 Å². The van der Waals surface area contributed by atoms with Crippen LogP contribution in [0.15, 0.2) is 182 Å². The van der Waals surface area contributed by atoms with E-state index < -0.39 is 0 Å². The molecule has 0 unspecified atom stereocenters. The van der Waals surface area contributed by atoms with Crippen LogP contribution in [0.5, 0.6) is 0 Å². The summed E-state index contributed by atoms with van der Waals surface area (Å²) in [7, 11) is 0. The molecule has 0 saturated heterocycles. The van der Waals surface area contributed by atoms with E-state index in [2.05, 4.69) is 182 Å². The zero-order chi connectivity index (χ0) is 31.6. The van der Waals surface area contributed by atoms with Gasteiger partial charge in [0.1, 0.15) is 0 Å². The third-order valence-corrected chi connectivity index (χ3v) is 10.2. The van der Waals surface area contributed by atoms with Crippen LogP contribution in [-0.4, -0.2) is 0 Å². The number of benzene rings is 10. The van der Waals surface area contributed by atoms with Crippen LogP contribution in [0.2, 0.25) is 0 Å². The van der Waals surface area contributed by atoms with Crippen molar-refractivity contribution in [3.05, 3.63) is 182 Å². The van der Waals surface area contributed by atoms with Gasteiger partial charge in [-0.05, 0) is 110 Å². The molecule has 0 heterocycles. The second-order valence-corrected chi connectivity index (χ2v) is 12.8. The van der Waals surface area contributed by atoms with Gasteiger partial charge in [0.25, 0.3) is 0 Å². The van der Waals surface area contributed by atoms with E-state index in [1.54, 1.807) is 0 Å². The maximum absolute atomic E-state index is 2.40. The van der Waals surface area contributed by atoms with Gasteiger partial charge in [-0.3, -0.25) is 0 Å². The molecule has 48 heavy (non-hydrogen) atoms. The van der Waals surface area contributed by atoms with E-state index in [0.29, 0.717) is 0 Å². The predicted molar refractivity (Wildman–Crippen MR) is 208 cm³/mol. The summed E-state index contributed by atoms with van der Waals surface area (Å²) in [6, 6.07) is 67.1. The number of fused-ring (bicyclic) bond motifs is 8. The monoisotopic (exact) mass is 606 g/mol. The van der Waals surface area contributed by atoms with Crippen LogP contribution >= 0.6 is 0 Å². The first-order chi connectivity index (χ1) is 23.8. The van der Waals surface area contributed by atoms with E-state index >= 15 is 0 Å². The number of hydrogen-bond donors (Lipinski definition) is 0. The summed E-state index contributed by atoms with van der Waals surface area (Å²) in [5.74, 6) is 0. The van der Waals surface area contributed by atoms with Gasteiger partial charge >= 0.3 is 0 Å². The fourth-order valence-electron chi connectivity index (χ4n) is 8.13. The molecule has 0 amide bonds. The topological polar surface area (TPSA) is 0 Å². The molecule has 0 heteroatoms. The van der Waals surface area contributed by atoms with Crippen molar-refractivity contribution in [3.63, 3.8) is 0 Å². The summed E-state index contributed by atoms with van der Waals surface area (Å²) < 4.78 is 0. The van der Waals surface area contributed by atoms with Crippen molar-refractivity contribution in [2.24, 2.45) is 0 Å². The zero-order valence-corrected chi connectivity index (χ0v) is 26.3. The molecule has 0 N–H and O–H groups in total. The van der Waals surface area contributed by atoms with Crippen LogP contribution in [0.3, 0.4) is 0 Å². The summed E-state index contributed by atoms with van der Waals surface area (Å²) in [5, 5.41) is 15.3. The van der Waals surface area contributed by atoms with Crippen LogP contribution in [-0.2, 0) is 0 Å². The van der Waals surface area contributed by atoms with Crippen molar-refractivity contribution in [2.45, 2.75) is 0 Å². The summed E-state index contributed by atoms with van der Waals surface area (Å²) in [6.07, 6.45) is 0. The Labute approximate surface area is 279 Å². The molecule has 0 aliphatic rings.